The second-order valence-electron chi connectivity index (χ2n) is 11.2. The third-order valence-electron chi connectivity index (χ3n) is 8.12. The topological polar surface area (TPSA) is 54.0 Å². The summed E-state index contributed by atoms with van der Waals surface area (Å²) >= 11 is 0. The smallest absolute Gasteiger partial charge is 0.224 e. The normalized spacial score (nSPS) is 12.0. The van der Waals surface area contributed by atoms with E-state index < -0.39 is 0 Å². The van der Waals surface area contributed by atoms with Gasteiger partial charge in [0.05, 0.1) is 22.6 Å². The van der Waals surface area contributed by atoms with Crippen LogP contribution in [0.3, 0.4) is 0 Å². The van der Waals surface area contributed by atoms with E-state index >= 15 is 0 Å². The van der Waals surface area contributed by atoms with Gasteiger partial charge in [-0.1, -0.05) is 32.0 Å². The van der Waals surface area contributed by atoms with Gasteiger partial charge in [-0.2, -0.15) is 5.26 Å². The number of benzene rings is 4. The van der Waals surface area contributed by atoms with E-state index in [0.29, 0.717) is 11.5 Å². The summed E-state index contributed by atoms with van der Waals surface area (Å²) in [5, 5.41) is 16.2. The lowest BCUT2D eigenvalue weighted by Gasteiger charge is -2.13. The molecular formula is C35H29N2O2+. The van der Waals surface area contributed by atoms with Crippen molar-refractivity contribution < 1.29 is 13.4 Å². The van der Waals surface area contributed by atoms with Crippen LogP contribution in [0.4, 0.5) is 0 Å². The summed E-state index contributed by atoms with van der Waals surface area (Å²) in [4.78, 5) is 0. The van der Waals surface area contributed by atoms with E-state index in [0.717, 1.165) is 61.6 Å². The van der Waals surface area contributed by atoms with Crippen molar-refractivity contribution in [3.63, 3.8) is 0 Å². The molecule has 39 heavy (non-hydrogen) atoms. The summed E-state index contributed by atoms with van der Waals surface area (Å²) in [6.07, 6.45) is 3.08. The number of rotatable bonds is 3. The Morgan fingerprint density at radius 2 is 1.62 bits per heavy atom. The molecule has 0 bridgehead atoms. The minimum Gasteiger partial charge on any atom is -0.455 e. The van der Waals surface area contributed by atoms with Crippen molar-refractivity contribution in [1.82, 2.24) is 0 Å². The number of furan rings is 2. The van der Waals surface area contributed by atoms with Crippen LogP contribution < -0.4 is 4.57 Å². The summed E-state index contributed by atoms with van der Waals surface area (Å²) < 4.78 is 15.3. The maximum absolute atomic E-state index is 9.47. The highest BCUT2D eigenvalue weighted by Crippen LogP contribution is 2.43. The number of hydrogen-bond acceptors (Lipinski definition) is 3. The lowest BCUT2D eigenvalue weighted by molar-refractivity contribution is -0.659. The molecular weight excluding hydrogens is 480 g/mol. The first-order chi connectivity index (χ1) is 18.9. The molecule has 4 aromatic carbocycles. The van der Waals surface area contributed by atoms with Gasteiger partial charge >= 0.3 is 0 Å². The van der Waals surface area contributed by atoms with E-state index in [-0.39, 0.29) is 0 Å². The second-order valence-corrected chi connectivity index (χ2v) is 11.2. The minimum atomic E-state index is 0.498. The molecule has 0 spiro atoms. The molecule has 0 radical (unpaired) electrons. The minimum absolute atomic E-state index is 0.498. The fourth-order valence-corrected chi connectivity index (χ4v) is 6.22. The van der Waals surface area contributed by atoms with Gasteiger partial charge in [0.2, 0.25) is 5.69 Å². The van der Waals surface area contributed by atoms with Crippen LogP contribution in [0.15, 0.2) is 75.7 Å². The van der Waals surface area contributed by atoms with Gasteiger partial charge in [-0.3, -0.25) is 0 Å². The number of aromatic nitrogens is 1. The van der Waals surface area contributed by atoms with Gasteiger partial charge in [0.1, 0.15) is 29.4 Å². The Hall–Kier alpha value is -4.62. The van der Waals surface area contributed by atoms with Crippen molar-refractivity contribution in [3.8, 4) is 17.3 Å². The molecule has 4 nitrogen and oxygen atoms in total. The van der Waals surface area contributed by atoms with Crippen molar-refractivity contribution in [2.75, 3.05) is 0 Å². The van der Waals surface area contributed by atoms with E-state index in [9.17, 15) is 5.26 Å². The molecule has 4 heteroatoms. The van der Waals surface area contributed by atoms with Crippen molar-refractivity contribution in [2.45, 2.75) is 34.1 Å². The van der Waals surface area contributed by atoms with Gasteiger partial charge in [0.25, 0.3) is 0 Å². The van der Waals surface area contributed by atoms with Crippen LogP contribution >= 0.6 is 0 Å². The standard InChI is InChI=1S/C35H29N2O2/c1-19(2)14-23-17-27-25(34-32(23)26-8-6-7-9-29(26)38-34)12-13-37(5)33(27)31-21(4)20(3)15-28-24-11-10-22(18-36)16-30(24)39-35(28)31/h6-13,15-17,19H,14H2,1-5H3/q+1. The third-order valence-corrected chi connectivity index (χ3v) is 8.12. The number of para-hydroxylation sites is 1. The molecule has 3 heterocycles. The summed E-state index contributed by atoms with van der Waals surface area (Å²) in [6, 6.07) is 23.0. The Morgan fingerprint density at radius 1 is 0.821 bits per heavy atom. The first kappa shape index (κ1) is 23.5. The molecule has 0 saturated carbocycles. The van der Waals surface area contributed by atoms with Crippen LogP contribution in [0.5, 0.6) is 0 Å². The van der Waals surface area contributed by atoms with Crippen molar-refractivity contribution in [1.29, 1.82) is 5.26 Å². The SMILES string of the molecule is Cc1cc2c(oc3cc(C#N)ccc32)c(-c2c3cc(CC(C)C)c4c5ccccc5oc4c3cc[n+]2C)c1C. The van der Waals surface area contributed by atoms with Crippen LogP contribution in [0, 0.1) is 31.1 Å². The monoisotopic (exact) mass is 509 g/mol. The lowest BCUT2D eigenvalue weighted by Crippen LogP contribution is -2.31. The molecule has 0 unspecified atom stereocenters. The average molecular weight is 510 g/mol. The number of pyridine rings is 1. The van der Waals surface area contributed by atoms with E-state index in [4.69, 9.17) is 8.83 Å². The molecule has 3 aromatic heterocycles. The predicted octanol–water partition coefficient (Wildman–Crippen LogP) is 8.82. The summed E-state index contributed by atoms with van der Waals surface area (Å²) in [6.45, 7) is 8.86. The molecule has 0 aliphatic heterocycles. The van der Waals surface area contributed by atoms with Gasteiger partial charge < -0.3 is 8.83 Å². The molecule has 0 aliphatic rings. The van der Waals surface area contributed by atoms with Crippen LogP contribution in [-0.2, 0) is 13.5 Å². The van der Waals surface area contributed by atoms with Crippen molar-refractivity contribution in [2.24, 2.45) is 13.0 Å². The van der Waals surface area contributed by atoms with Crippen LogP contribution in [-0.4, -0.2) is 0 Å². The maximum atomic E-state index is 9.47. The summed E-state index contributed by atoms with van der Waals surface area (Å²) in [5.41, 5.74) is 9.90. The number of aryl methyl sites for hydroxylation is 2. The zero-order valence-corrected chi connectivity index (χ0v) is 22.8. The van der Waals surface area contributed by atoms with Crippen molar-refractivity contribution >= 4 is 54.6 Å². The number of nitriles is 1. The van der Waals surface area contributed by atoms with E-state index in [1.54, 1.807) is 0 Å². The largest absolute Gasteiger partial charge is 0.455 e. The van der Waals surface area contributed by atoms with E-state index in [1.807, 2.05) is 24.3 Å². The highest BCUT2D eigenvalue weighted by molar-refractivity contribution is 6.19. The highest BCUT2D eigenvalue weighted by Gasteiger charge is 2.27. The molecule has 0 saturated heterocycles. The molecule has 0 atom stereocenters. The number of fused-ring (bicyclic) bond motifs is 8. The lowest BCUT2D eigenvalue weighted by atomic mass is 9.90. The molecule has 0 amide bonds. The Balaban J connectivity index is 1.66. The van der Waals surface area contributed by atoms with Gasteiger partial charge in [-0.25, -0.2) is 4.57 Å². The number of nitrogens with zero attached hydrogens (tertiary/aromatic N) is 2. The van der Waals surface area contributed by atoms with Crippen molar-refractivity contribution in [3.05, 3.63) is 89.1 Å². The van der Waals surface area contributed by atoms with Crippen LogP contribution in [0.1, 0.15) is 36.1 Å². The Kier molecular flexibility index (Phi) is 5.09. The Labute approximate surface area is 226 Å². The number of hydrogen-bond donors (Lipinski definition) is 0. The van der Waals surface area contributed by atoms with Crippen LogP contribution in [0.2, 0.25) is 0 Å². The van der Waals surface area contributed by atoms with Gasteiger partial charge in [-0.15, -0.1) is 0 Å². The second kappa shape index (κ2) is 8.44. The van der Waals surface area contributed by atoms with E-state index in [2.05, 4.69) is 88.0 Å². The fraction of sp³-hybridized carbons (Fsp3) is 0.200. The average Bonchev–Trinajstić information content (AvgIpc) is 3.48. The molecule has 0 aliphatic carbocycles. The molecule has 190 valence electrons. The van der Waals surface area contributed by atoms with E-state index in [1.165, 1.54) is 27.5 Å². The highest BCUT2D eigenvalue weighted by atomic mass is 16.3. The molecule has 7 rings (SSSR count). The first-order valence-corrected chi connectivity index (χ1v) is 13.5. The zero-order valence-electron chi connectivity index (χ0n) is 22.8. The quantitative estimate of drug-likeness (QED) is 0.224. The van der Waals surface area contributed by atoms with Gasteiger partial charge in [0.15, 0.2) is 6.20 Å². The molecule has 0 N–H and O–H groups in total. The third kappa shape index (κ3) is 3.40. The first-order valence-electron chi connectivity index (χ1n) is 13.5. The summed E-state index contributed by atoms with van der Waals surface area (Å²) in [7, 11) is 2.10. The zero-order chi connectivity index (χ0) is 27.0. The van der Waals surface area contributed by atoms with Crippen LogP contribution in [0.25, 0.3) is 65.9 Å². The molecule has 7 aromatic rings. The van der Waals surface area contributed by atoms with Gasteiger partial charge in [0, 0.05) is 33.0 Å². The fourth-order valence-electron chi connectivity index (χ4n) is 6.22. The maximum Gasteiger partial charge on any atom is 0.224 e. The summed E-state index contributed by atoms with van der Waals surface area (Å²) in [5.74, 6) is 0.498. The Morgan fingerprint density at radius 3 is 2.41 bits per heavy atom. The van der Waals surface area contributed by atoms with Gasteiger partial charge in [-0.05, 0) is 79.3 Å². The molecule has 0 fully saturated rings. The predicted molar refractivity (Wildman–Crippen MR) is 158 cm³/mol. The Bertz CT molecular complexity index is 2170.